The molecule has 0 unspecified atom stereocenters. The lowest BCUT2D eigenvalue weighted by Crippen LogP contribution is -2.30. The number of amides is 1. The summed E-state index contributed by atoms with van der Waals surface area (Å²) in [5.74, 6) is -0.306. The predicted molar refractivity (Wildman–Crippen MR) is 99.9 cm³/mol. The van der Waals surface area contributed by atoms with E-state index in [1.165, 1.54) is 55.2 Å². The number of carbonyl (C=O) groups excluding carboxylic acids is 1. The third-order valence-electron chi connectivity index (χ3n) is 4.74. The van der Waals surface area contributed by atoms with Crippen molar-refractivity contribution in [3.8, 4) is 5.69 Å². The first-order chi connectivity index (χ1) is 13.1. The first kappa shape index (κ1) is 19.0. The topological polar surface area (TPSA) is 106 Å². The molecular weight excluding hydrogens is 348 g/mol. The second-order valence-corrected chi connectivity index (χ2v) is 6.67. The molecule has 1 fully saturated rings. The number of nitrogens with zero attached hydrogens (tertiary/aromatic N) is 5. The van der Waals surface area contributed by atoms with Crippen molar-refractivity contribution >= 4 is 11.6 Å². The van der Waals surface area contributed by atoms with Gasteiger partial charge in [0.25, 0.3) is 11.6 Å². The number of carbonyl (C=O) groups is 1. The van der Waals surface area contributed by atoms with Gasteiger partial charge >= 0.3 is 0 Å². The third kappa shape index (κ3) is 5.10. The van der Waals surface area contributed by atoms with Crippen molar-refractivity contribution in [2.75, 3.05) is 26.2 Å². The Morgan fingerprint density at radius 2 is 2.00 bits per heavy atom. The third-order valence-corrected chi connectivity index (χ3v) is 4.74. The maximum absolute atomic E-state index is 12.3. The van der Waals surface area contributed by atoms with E-state index >= 15 is 0 Å². The van der Waals surface area contributed by atoms with Crippen molar-refractivity contribution in [3.63, 3.8) is 0 Å². The summed E-state index contributed by atoms with van der Waals surface area (Å²) in [5.41, 5.74) is 0.355. The van der Waals surface area contributed by atoms with E-state index < -0.39 is 4.92 Å². The number of nitrogens with one attached hydrogen (secondary N) is 1. The molecular formula is C18H24N6O3. The molecule has 1 aromatic carbocycles. The molecule has 1 aliphatic heterocycles. The van der Waals surface area contributed by atoms with Gasteiger partial charge in [-0.15, -0.1) is 0 Å². The molecule has 2 aromatic rings. The van der Waals surface area contributed by atoms with Crippen LogP contribution < -0.4 is 5.32 Å². The Morgan fingerprint density at radius 3 is 2.67 bits per heavy atom. The van der Waals surface area contributed by atoms with E-state index in [0.717, 1.165) is 26.1 Å². The van der Waals surface area contributed by atoms with Crippen molar-refractivity contribution in [2.45, 2.75) is 32.1 Å². The Kier molecular flexibility index (Phi) is 6.48. The number of benzene rings is 1. The van der Waals surface area contributed by atoms with Gasteiger partial charge in [0.05, 0.1) is 4.92 Å². The quantitative estimate of drug-likeness (QED) is 0.453. The van der Waals surface area contributed by atoms with Crippen molar-refractivity contribution in [1.82, 2.24) is 25.0 Å². The average molecular weight is 372 g/mol. The largest absolute Gasteiger partial charge is 0.352 e. The van der Waals surface area contributed by atoms with E-state index in [9.17, 15) is 14.9 Å². The van der Waals surface area contributed by atoms with Gasteiger partial charge in [-0.3, -0.25) is 14.9 Å². The zero-order valence-corrected chi connectivity index (χ0v) is 15.2. The summed E-state index contributed by atoms with van der Waals surface area (Å²) in [7, 11) is 0. The van der Waals surface area contributed by atoms with Crippen molar-refractivity contribution in [3.05, 3.63) is 46.5 Å². The van der Waals surface area contributed by atoms with Crippen LogP contribution in [0.25, 0.3) is 5.69 Å². The molecule has 0 aliphatic carbocycles. The molecule has 2 heterocycles. The van der Waals surface area contributed by atoms with Crippen molar-refractivity contribution < 1.29 is 9.72 Å². The second kappa shape index (κ2) is 9.22. The summed E-state index contributed by atoms with van der Waals surface area (Å²) in [5, 5.41) is 18.1. The highest BCUT2D eigenvalue weighted by Gasteiger charge is 2.19. The number of hydrogen-bond acceptors (Lipinski definition) is 6. The maximum atomic E-state index is 12.3. The van der Waals surface area contributed by atoms with Crippen LogP contribution in [0.4, 0.5) is 5.69 Å². The predicted octanol–water partition coefficient (Wildman–Crippen LogP) is 2.17. The van der Waals surface area contributed by atoms with E-state index in [1.807, 2.05) is 0 Å². The molecule has 0 radical (unpaired) electrons. The van der Waals surface area contributed by atoms with E-state index in [1.54, 1.807) is 6.07 Å². The minimum atomic E-state index is -0.521. The van der Waals surface area contributed by atoms with Gasteiger partial charge in [0.2, 0.25) is 0 Å². The number of aromatic nitrogens is 3. The minimum absolute atomic E-state index is 0.183. The summed E-state index contributed by atoms with van der Waals surface area (Å²) in [4.78, 5) is 29.4. The Labute approximate surface area is 157 Å². The van der Waals surface area contributed by atoms with Crippen LogP contribution in [0, 0.1) is 10.1 Å². The second-order valence-electron chi connectivity index (χ2n) is 6.67. The van der Waals surface area contributed by atoms with Crippen LogP contribution in [0.1, 0.15) is 42.5 Å². The van der Waals surface area contributed by atoms with Crippen LogP contribution in [-0.4, -0.2) is 56.7 Å². The number of nitro benzene ring substituents is 1. The summed E-state index contributed by atoms with van der Waals surface area (Å²) < 4.78 is 1.31. The van der Waals surface area contributed by atoms with Gasteiger partial charge in [0, 0.05) is 18.2 Å². The summed E-state index contributed by atoms with van der Waals surface area (Å²) in [6.07, 6.45) is 8.64. The number of hydrogen-bond donors (Lipinski definition) is 1. The molecule has 0 spiro atoms. The fraction of sp³-hybridized carbons (Fsp3) is 0.500. The van der Waals surface area contributed by atoms with E-state index in [2.05, 4.69) is 20.3 Å². The van der Waals surface area contributed by atoms with Crippen molar-refractivity contribution in [2.24, 2.45) is 0 Å². The maximum Gasteiger partial charge on any atom is 0.295 e. The first-order valence-electron chi connectivity index (χ1n) is 9.29. The standard InChI is InChI=1S/C18H24N6O3/c25-18(20-8-5-11-22-9-3-1-2-4-10-22)15-6-7-16(17(12-15)24(26)27)23-14-19-13-21-23/h6-7,12-14H,1-5,8-11H2,(H,20,25). The normalized spacial score (nSPS) is 15.3. The van der Waals surface area contributed by atoms with Gasteiger partial charge in [0.1, 0.15) is 18.3 Å². The van der Waals surface area contributed by atoms with Crippen LogP contribution in [0.5, 0.6) is 0 Å². The zero-order valence-electron chi connectivity index (χ0n) is 15.2. The molecule has 27 heavy (non-hydrogen) atoms. The van der Waals surface area contributed by atoms with E-state index in [-0.39, 0.29) is 22.8 Å². The smallest absolute Gasteiger partial charge is 0.295 e. The highest BCUT2D eigenvalue weighted by molar-refractivity contribution is 5.95. The van der Waals surface area contributed by atoms with Gasteiger partial charge in [0.15, 0.2) is 0 Å². The highest BCUT2D eigenvalue weighted by atomic mass is 16.6. The van der Waals surface area contributed by atoms with Gasteiger partial charge in [-0.05, 0) is 51.0 Å². The van der Waals surface area contributed by atoms with Crippen LogP contribution in [0.2, 0.25) is 0 Å². The van der Waals surface area contributed by atoms with Gasteiger partial charge < -0.3 is 10.2 Å². The lowest BCUT2D eigenvalue weighted by molar-refractivity contribution is -0.384. The Hall–Kier alpha value is -2.81. The molecule has 9 heteroatoms. The number of nitro groups is 1. The summed E-state index contributed by atoms with van der Waals surface area (Å²) in [6.45, 7) is 3.77. The molecule has 1 amide bonds. The molecule has 144 valence electrons. The van der Waals surface area contributed by atoms with E-state index in [4.69, 9.17) is 0 Å². The highest BCUT2D eigenvalue weighted by Crippen LogP contribution is 2.23. The molecule has 1 saturated heterocycles. The molecule has 1 aromatic heterocycles. The fourth-order valence-corrected chi connectivity index (χ4v) is 3.30. The van der Waals surface area contributed by atoms with Crippen LogP contribution in [0.3, 0.4) is 0 Å². The lowest BCUT2D eigenvalue weighted by Gasteiger charge is -2.19. The zero-order chi connectivity index (χ0) is 19.1. The SMILES string of the molecule is O=C(NCCCN1CCCCCC1)c1ccc(-n2cncn2)c([N+](=O)[O-])c1. The van der Waals surface area contributed by atoms with Gasteiger partial charge in [-0.25, -0.2) is 9.67 Å². The monoisotopic (exact) mass is 372 g/mol. The van der Waals surface area contributed by atoms with Crippen LogP contribution >= 0.6 is 0 Å². The summed E-state index contributed by atoms with van der Waals surface area (Å²) >= 11 is 0. The Morgan fingerprint density at radius 1 is 1.22 bits per heavy atom. The molecule has 9 nitrogen and oxygen atoms in total. The van der Waals surface area contributed by atoms with Crippen molar-refractivity contribution in [1.29, 1.82) is 0 Å². The van der Waals surface area contributed by atoms with E-state index in [0.29, 0.717) is 6.54 Å². The molecule has 1 N–H and O–H groups in total. The fourth-order valence-electron chi connectivity index (χ4n) is 3.30. The van der Waals surface area contributed by atoms with Crippen LogP contribution in [0.15, 0.2) is 30.9 Å². The first-order valence-corrected chi connectivity index (χ1v) is 9.29. The number of rotatable bonds is 7. The molecule has 1 aliphatic rings. The minimum Gasteiger partial charge on any atom is -0.352 e. The van der Waals surface area contributed by atoms with Gasteiger partial charge in [-0.1, -0.05) is 12.8 Å². The van der Waals surface area contributed by atoms with Gasteiger partial charge in [-0.2, -0.15) is 5.10 Å². The van der Waals surface area contributed by atoms with Crippen LogP contribution in [-0.2, 0) is 0 Å². The average Bonchev–Trinajstić information content (AvgIpc) is 3.08. The molecule has 3 rings (SSSR count). The number of likely N-dealkylation sites (tertiary alicyclic amines) is 1. The Balaban J connectivity index is 1.56. The lowest BCUT2D eigenvalue weighted by atomic mass is 10.1. The molecule has 0 saturated carbocycles. The molecule has 0 bridgehead atoms. The molecule has 0 atom stereocenters. The Bertz CT molecular complexity index is 769. The summed E-state index contributed by atoms with van der Waals surface area (Å²) in [6, 6.07) is 4.36.